The molecule has 0 N–H and O–H groups in total. The first-order valence-corrected chi connectivity index (χ1v) is 12.2. The topological polar surface area (TPSA) is 0 Å². The van der Waals surface area contributed by atoms with Gasteiger partial charge in [0, 0.05) is 0 Å². The van der Waals surface area contributed by atoms with Gasteiger partial charge < -0.3 is 0 Å². The summed E-state index contributed by atoms with van der Waals surface area (Å²) < 4.78 is 0. The Balaban J connectivity index is 3.60. The molecule has 0 saturated carbocycles. The van der Waals surface area contributed by atoms with E-state index < -0.39 is 0 Å². The fourth-order valence-corrected chi connectivity index (χ4v) is 4.02. The molecule has 0 aliphatic heterocycles. The highest BCUT2D eigenvalue weighted by Crippen LogP contribution is 2.24. The molecule has 0 spiro atoms. The summed E-state index contributed by atoms with van der Waals surface area (Å²) in [6.07, 6.45) is 27.9. The number of unbranched alkanes of at least 4 members (excludes halogenated alkanes) is 12. The molecular weight excluding hydrogens is 300 g/mol. The highest BCUT2D eigenvalue weighted by Gasteiger charge is 2.08. The van der Waals surface area contributed by atoms with Crippen LogP contribution in [0.2, 0.25) is 0 Å². The van der Waals surface area contributed by atoms with Crippen LogP contribution < -0.4 is 0 Å². The molecule has 0 aromatic carbocycles. The van der Waals surface area contributed by atoms with Crippen molar-refractivity contribution in [2.24, 2.45) is 11.8 Å². The van der Waals surface area contributed by atoms with E-state index in [4.69, 9.17) is 0 Å². The van der Waals surface area contributed by atoms with Gasteiger partial charge in [0.1, 0.15) is 0 Å². The molecule has 0 aliphatic carbocycles. The summed E-state index contributed by atoms with van der Waals surface area (Å²) >= 11 is 0. The maximum absolute atomic E-state index is 2.35. The average Bonchev–Trinajstić information content (AvgIpc) is 2.59. The minimum absolute atomic E-state index is 0.895. The van der Waals surface area contributed by atoms with Crippen molar-refractivity contribution in [1.29, 1.82) is 0 Å². The van der Waals surface area contributed by atoms with Gasteiger partial charge >= 0.3 is 0 Å². The van der Waals surface area contributed by atoms with Gasteiger partial charge in [0.25, 0.3) is 0 Å². The third kappa shape index (κ3) is 20.2. The molecule has 0 radical (unpaired) electrons. The summed E-state index contributed by atoms with van der Waals surface area (Å²) in [5.74, 6) is 1.94. The number of hydrogen-bond acceptors (Lipinski definition) is 0. The Kier molecular flexibility index (Phi) is 20.3. The summed E-state index contributed by atoms with van der Waals surface area (Å²) in [7, 11) is 0. The zero-order chi connectivity index (χ0) is 18.6. The number of hydrogen-bond donors (Lipinski definition) is 0. The Labute approximate surface area is 161 Å². The van der Waals surface area contributed by atoms with E-state index in [9.17, 15) is 0 Å². The van der Waals surface area contributed by atoms with E-state index in [1.54, 1.807) is 0 Å². The predicted octanol–water partition coefficient (Wildman–Crippen LogP) is 9.71. The van der Waals surface area contributed by atoms with Crippen LogP contribution in [0.4, 0.5) is 0 Å². The van der Waals surface area contributed by atoms with Crippen LogP contribution in [-0.4, -0.2) is 0 Å². The molecule has 0 aromatic rings. The van der Waals surface area contributed by atoms with Crippen molar-refractivity contribution < 1.29 is 0 Å². The van der Waals surface area contributed by atoms with Gasteiger partial charge in [0.2, 0.25) is 0 Å². The third-order valence-corrected chi connectivity index (χ3v) is 5.83. The second-order valence-electron chi connectivity index (χ2n) is 9.01. The maximum atomic E-state index is 2.35. The van der Waals surface area contributed by atoms with Crippen molar-refractivity contribution in [3.63, 3.8) is 0 Å². The molecule has 1 unspecified atom stereocenters. The zero-order valence-corrected chi connectivity index (χ0v) is 18.6. The molecule has 1 atom stereocenters. The number of rotatable bonds is 20. The first kappa shape index (κ1) is 25.0. The van der Waals surface area contributed by atoms with E-state index in [0.29, 0.717) is 0 Å². The summed E-state index contributed by atoms with van der Waals surface area (Å²) in [6, 6.07) is 0. The fraction of sp³-hybridized carbons (Fsp3) is 1.00. The van der Waals surface area contributed by atoms with Gasteiger partial charge in [0.15, 0.2) is 0 Å². The monoisotopic (exact) mass is 352 g/mol. The van der Waals surface area contributed by atoms with Crippen LogP contribution in [-0.2, 0) is 0 Å². The summed E-state index contributed by atoms with van der Waals surface area (Å²) in [4.78, 5) is 0. The molecule has 0 rings (SSSR count). The summed E-state index contributed by atoms with van der Waals surface area (Å²) in [5.41, 5.74) is 0. The van der Waals surface area contributed by atoms with Crippen LogP contribution >= 0.6 is 0 Å². The van der Waals surface area contributed by atoms with Crippen molar-refractivity contribution in [3.8, 4) is 0 Å². The molecule has 0 amide bonds. The summed E-state index contributed by atoms with van der Waals surface area (Å²) in [6.45, 7) is 9.35. The van der Waals surface area contributed by atoms with Gasteiger partial charge in [-0.1, -0.05) is 150 Å². The minimum atomic E-state index is 0.895. The molecule has 25 heavy (non-hydrogen) atoms. The highest BCUT2D eigenvalue weighted by molar-refractivity contribution is 4.62. The van der Waals surface area contributed by atoms with Crippen LogP contribution in [0.1, 0.15) is 150 Å². The van der Waals surface area contributed by atoms with E-state index in [-0.39, 0.29) is 0 Å². The van der Waals surface area contributed by atoms with Gasteiger partial charge in [-0.05, 0) is 11.8 Å². The Bertz CT molecular complexity index is 230. The standard InChI is InChI=1S/C25H52/c1-5-7-9-13-18-22-25(21-16-8-6-2)23-19-15-12-10-11-14-17-20-24(3)4/h24-25H,5-23H2,1-4H3. The van der Waals surface area contributed by atoms with Crippen molar-refractivity contribution in [2.45, 2.75) is 150 Å². The molecule has 0 saturated heterocycles. The van der Waals surface area contributed by atoms with Gasteiger partial charge in [-0.3, -0.25) is 0 Å². The Morgan fingerprint density at radius 1 is 0.400 bits per heavy atom. The zero-order valence-electron chi connectivity index (χ0n) is 18.6. The summed E-state index contributed by atoms with van der Waals surface area (Å²) in [5, 5.41) is 0. The highest BCUT2D eigenvalue weighted by atomic mass is 14.1. The van der Waals surface area contributed by atoms with Crippen LogP contribution in [0.5, 0.6) is 0 Å². The second-order valence-corrected chi connectivity index (χ2v) is 9.01. The van der Waals surface area contributed by atoms with Gasteiger partial charge in [-0.15, -0.1) is 0 Å². The van der Waals surface area contributed by atoms with Gasteiger partial charge in [0.05, 0.1) is 0 Å². The normalized spacial score (nSPS) is 12.8. The van der Waals surface area contributed by atoms with E-state index in [1.807, 2.05) is 0 Å². The lowest BCUT2D eigenvalue weighted by molar-refractivity contribution is 0.368. The van der Waals surface area contributed by atoms with Gasteiger partial charge in [-0.25, -0.2) is 0 Å². The Hall–Kier alpha value is 0. The molecule has 0 aliphatic rings. The molecule has 0 heteroatoms. The first-order chi connectivity index (χ1) is 12.2. The molecule has 0 bridgehead atoms. The van der Waals surface area contributed by atoms with Crippen LogP contribution in [0.25, 0.3) is 0 Å². The second kappa shape index (κ2) is 20.3. The van der Waals surface area contributed by atoms with Crippen molar-refractivity contribution in [1.82, 2.24) is 0 Å². The molecule has 152 valence electrons. The van der Waals surface area contributed by atoms with Crippen molar-refractivity contribution in [2.75, 3.05) is 0 Å². The third-order valence-electron chi connectivity index (χ3n) is 5.83. The minimum Gasteiger partial charge on any atom is -0.0654 e. The largest absolute Gasteiger partial charge is 0.0654 e. The van der Waals surface area contributed by atoms with E-state index in [2.05, 4.69) is 27.7 Å². The quantitative estimate of drug-likeness (QED) is 0.191. The fourth-order valence-electron chi connectivity index (χ4n) is 4.02. The lowest BCUT2D eigenvalue weighted by Gasteiger charge is -2.17. The Morgan fingerprint density at radius 3 is 1.16 bits per heavy atom. The smallest absolute Gasteiger partial charge is 0.0414 e. The van der Waals surface area contributed by atoms with Crippen LogP contribution in [0, 0.1) is 11.8 Å². The first-order valence-electron chi connectivity index (χ1n) is 12.2. The lowest BCUT2D eigenvalue weighted by atomic mass is 9.89. The van der Waals surface area contributed by atoms with E-state index in [1.165, 1.54) is 122 Å². The van der Waals surface area contributed by atoms with Crippen molar-refractivity contribution >= 4 is 0 Å². The maximum Gasteiger partial charge on any atom is -0.0414 e. The predicted molar refractivity (Wildman–Crippen MR) is 117 cm³/mol. The lowest BCUT2D eigenvalue weighted by Crippen LogP contribution is -2.01. The molecular formula is C25H52. The van der Waals surface area contributed by atoms with E-state index in [0.717, 1.165) is 11.8 Å². The molecule has 0 aromatic heterocycles. The SMILES string of the molecule is CCCCCCCC(CCCCC)CCCCCCCCCC(C)C. The average molecular weight is 353 g/mol. The Morgan fingerprint density at radius 2 is 0.720 bits per heavy atom. The van der Waals surface area contributed by atoms with E-state index >= 15 is 0 Å². The van der Waals surface area contributed by atoms with Crippen LogP contribution in [0.15, 0.2) is 0 Å². The molecule has 0 heterocycles. The molecule has 0 nitrogen and oxygen atoms in total. The van der Waals surface area contributed by atoms with Crippen molar-refractivity contribution in [3.05, 3.63) is 0 Å². The molecule has 0 fully saturated rings. The van der Waals surface area contributed by atoms with Gasteiger partial charge in [-0.2, -0.15) is 0 Å². The van der Waals surface area contributed by atoms with Crippen LogP contribution in [0.3, 0.4) is 0 Å².